The summed E-state index contributed by atoms with van der Waals surface area (Å²) < 4.78 is 7.21. The highest BCUT2D eigenvalue weighted by molar-refractivity contribution is 7.99. The smallest absolute Gasteiger partial charge is 0.230 e. The number of hydrogen-bond donors (Lipinski definition) is 2. The number of amides is 1. The van der Waals surface area contributed by atoms with Crippen LogP contribution in [0.25, 0.3) is 5.69 Å². The van der Waals surface area contributed by atoms with Crippen molar-refractivity contribution in [2.24, 2.45) is 0 Å². The predicted octanol–water partition coefficient (Wildman–Crippen LogP) is 4.60. The monoisotopic (exact) mass is 473 g/mol. The Morgan fingerprint density at radius 1 is 0.941 bits per heavy atom. The van der Waals surface area contributed by atoms with Crippen LogP contribution in [0.4, 0.5) is 5.69 Å². The fourth-order valence-corrected chi connectivity index (χ4v) is 4.13. The lowest BCUT2D eigenvalue weighted by atomic mass is 10.2. The number of carbonyl (C=O) groups is 1. The minimum absolute atomic E-state index is 0.0507. The third kappa shape index (κ3) is 6.17. The number of nitrogens with one attached hydrogen (secondary N) is 2. The highest BCUT2D eigenvalue weighted by Gasteiger charge is 2.16. The zero-order valence-electron chi connectivity index (χ0n) is 19.2. The van der Waals surface area contributed by atoms with E-state index in [9.17, 15) is 4.79 Å². The molecule has 4 rings (SSSR count). The van der Waals surface area contributed by atoms with Crippen LogP contribution in [0.1, 0.15) is 17.0 Å². The van der Waals surface area contributed by atoms with Crippen molar-refractivity contribution in [3.63, 3.8) is 0 Å². The SMILES string of the molecule is COc1ccc(NCc2nnc(SCC(=O)NCc3ccccc3)n2-c2ccc(C)cc2)cc1. The Labute approximate surface area is 203 Å². The van der Waals surface area contributed by atoms with E-state index in [-0.39, 0.29) is 11.7 Å². The van der Waals surface area contributed by atoms with Gasteiger partial charge in [0.1, 0.15) is 5.75 Å². The van der Waals surface area contributed by atoms with Crippen molar-refractivity contribution in [1.29, 1.82) is 0 Å². The topological polar surface area (TPSA) is 81.1 Å². The molecular formula is C26H27N5O2S. The van der Waals surface area contributed by atoms with Gasteiger partial charge in [0.25, 0.3) is 0 Å². The summed E-state index contributed by atoms with van der Waals surface area (Å²) in [6, 6.07) is 25.8. The first-order valence-corrected chi connectivity index (χ1v) is 11.9. The number of thioether (sulfide) groups is 1. The van der Waals surface area contributed by atoms with Gasteiger partial charge < -0.3 is 15.4 Å². The van der Waals surface area contributed by atoms with E-state index in [1.807, 2.05) is 71.3 Å². The van der Waals surface area contributed by atoms with Crippen molar-refractivity contribution >= 4 is 23.4 Å². The van der Waals surface area contributed by atoms with Crippen LogP contribution in [0, 0.1) is 6.92 Å². The average molecular weight is 474 g/mol. The lowest BCUT2D eigenvalue weighted by molar-refractivity contribution is -0.118. The van der Waals surface area contributed by atoms with E-state index in [0.29, 0.717) is 18.2 Å². The molecule has 2 N–H and O–H groups in total. The number of hydrogen-bond acceptors (Lipinski definition) is 6. The number of benzene rings is 3. The van der Waals surface area contributed by atoms with Crippen LogP contribution < -0.4 is 15.4 Å². The Bertz CT molecular complexity index is 1210. The second-order valence-electron chi connectivity index (χ2n) is 7.70. The van der Waals surface area contributed by atoms with Crippen molar-refractivity contribution in [3.8, 4) is 11.4 Å². The molecular weight excluding hydrogens is 446 g/mol. The molecule has 8 heteroatoms. The molecule has 0 fully saturated rings. The Morgan fingerprint density at radius 3 is 2.38 bits per heavy atom. The summed E-state index contributed by atoms with van der Waals surface area (Å²) >= 11 is 1.37. The van der Waals surface area contributed by atoms with Crippen LogP contribution in [0.2, 0.25) is 0 Å². The molecule has 7 nitrogen and oxygen atoms in total. The van der Waals surface area contributed by atoms with E-state index in [4.69, 9.17) is 4.74 Å². The molecule has 0 aliphatic rings. The van der Waals surface area contributed by atoms with Gasteiger partial charge in [0.2, 0.25) is 5.91 Å². The first-order valence-electron chi connectivity index (χ1n) is 10.9. The standard InChI is InChI=1S/C26H27N5O2S/c1-19-8-12-22(13-9-19)31-24(17-27-21-10-14-23(33-2)15-11-21)29-30-26(31)34-18-25(32)28-16-20-6-4-3-5-7-20/h3-15,27H,16-18H2,1-2H3,(H,28,32). The van der Waals surface area contributed by atoms with E-state index >= 15 is 0 Å². The molecule has 0 bridgehead atoms. The number of nitrogens with zero attached hydrogens (tertiary/aromatic N) is 3. The average Bonchev–Trinajstić information content (AvgIpc) is 3.29. The summed E-state index contributed by atoms with van der Waals surface area (Å²) in [5, 5.41) is 15.8. The summed E-state index contributed by atoms with van der Waals surface area (Å²) in [5.74, 6) is 1.76. The fraction of sp³-hybridized carbons (Fsp3) is 0.192. The van der Waals surface area contributed by atoms with Crippen LogP contribution in [-0.4, -0.2) is 33.5 Å². The first-order chi connectivity index (χ1) is 16.6. The van der Waals surface area contributed by atoms with Gasteiger partial charge in [0.05, 0.1) is 19.4 Å². The zero-order valence-corrected chi connectivity index (χ0v) is 20.0. The van der Waals surface area contributed by atoms with Gasteiger partial charge in [0, 0.05) is 17.9 Å². The molecule has 0 aliphatic heterocycles. The maximum Gasteiger partial charge on any atom is 0.230 e. The molecule has 0 radical (unpaired) electrons. The van der Waals surface area contributed by atoms with Gasteiger partial charge in [-0.25, -0.2) is 0 Å². The van der Waals surface area contributed by atoms with Crippen LogP contribution in [-0.2, 0) is 17.9 Å². The molecule has 1 amide bonds. The summed E-state index contributed by atoms with van der Waals surface area (Å²) in [5.41, 5.74) is 4.14. The third-order valence-electron chi connectivity index (χ3n) is 5.20. The van der Waals surface area contributed by atoms with Gasteiger partial charge in [-0.15, -0.1) is 10.2 Å². The highest BCUT2D eigenvalue weighted by atomic mass is 32.2. The Balaban J connectivity index is 1.45. The summed E-state index contributed by atoms with van der Waals surface area (Å²) in [7, 11) is 1.65. The van der Waals surface area contributed by atoms with Crippen molar-refractivity contribution in [1.82, 2.24) is 20.1 Å². The Hall–Kier alpha value is -3.78. The Morgan fingerprint density at radius 2 is 1.68 bits per heavy atom. The summed E-state index contributed by atoms with van der Waals surface area (Å²) in [6.45, 7) is 3.03. The van der Waals surface area contributed by atoms with Crippen molar-refractivity contribution in [2.45, 2.75) is 25.2 Å². The fourth-order valence-electron chi connectivity index (χ4n) is 3.33. The highest BCUT2D eigenvalue weighted by Crippen LogP contribution is 2.23. The minimum Gasteiger partial charge on any atom is -0.497 e. The molecule has 3 aromatic carbocycles. The van der Waals surface area contributed by atoms with Crippen molar-refractivity contribution in [2.75, 3.05) is 18.2 Å². The normalized spacial score (nSPS) is 10.6. The zero-order chi connectivity index (χ0) is 23.8. The van der Waals surface area contributed by atoms with Crippen LogP contribution in [0.5, 0.6) is 5.75 Å². The summed E-state index contributed by atoms with van der Waals surface area (Å²) in [4.78, 5) is 12.4. The van der Waals surface area contributed by atoms with Gasteiger partial charge in [-0.1, -0.05) is 59.8 Å². The van der Waals surface area contributed by atoms with E-state index < -0.39 is 0 Å². The molecule has 0 unspecified atom stereocenters. The molecule has 34 heavy (non-hydrogen) atoms. The molecule has 0 saturated heterocycles. The number of ether oxygens (including phenoxy) is 1. The van der Waals surface area contributed by atoms with Gasteiger partial charge in [-0.05, 0) is 48.9 Å². The number of carbonyl (C=O) groups excluding carboxylic acids is 1. The minimum atomic E-state index is -0.0507. The molecule has 174 valence electrons. The number of rotatable bonds is 10. The van der Waals surface area contributed by atoms with Crippen LogP contribution in [0.15, 0.2) is 84.0 Å². The molecule has 0 spiro atoms. The van der Waals surface area contributed by atoms with Gasteiger partial charge in [-0.3, -0.25) is 9.36 Å². The second-order valence-corrected chi connectivity index (χ2v) is 8.65. The van der Waals surface area contributed by atoms with E-state index in [1.54, 1.807) is 7.11 Å². The molecule has 0 aliphatic carbocycles. The maximum absolute atomic E-state index is 12.4. The molecule has 1 heterocycles. The molecule has 0 atom stereocenters. The lowest BCUT2D eigenvalue weighted by Gasteiger charge is -2.12. The largest absolute Gasteiger partial charge is 0.497 e. The quantitative estimate of drug-likeness (QED) is 0.328. The van der Waals surface area contributed by atoms with Crippen LogP contribution >= 0.6 is 11.8 Å². The predicted molar refractivity (Wildman–Crippen MR) is 135 cm³/mol. The third-order valence-corrected chi connectivity index (χ3v) is 6.13. The van der Waals surface area contributed by atoms with Gasteiger partial charge in [-0.2, -0.15) is 0 Å². The number of aryl methyl sites for hydroxylation is 1. The first kappa shape index (κ1) is 23.4. The van der Waals surface area contributed by atoms with E-state index in [0.717, 1.165) is 28.5 Å². The number of aromatic nitrogens is 3. The van der Waals surface area contributed by atoms with E-state index in [2.05, 4.69) is 39.9 Å². The van der Waals surface area contributed by atoms with Gasteiger partial charge >= 0.3 is 0 Å². The van der Waals surface area contributed by atoms with Crippen molar-refractivity contribution in [3.05, 3.63) is 95.8 Å². The van der Waals surface area contributed by atoms with Gasteiger partial charge in [0.15, 0.2) is 11.0 Å². The van der Waals surface area contributed by atoms with Crippen LogP contribution in [0.3, 0.4) is 0 Å². The molecule has 0 saturated carbocycles. The molecule has 1 aromatic heterocycles. The lowest BCUT2D eigenvalue weighted by Crippen LogP contribution is -2.24. The maximum atomic E-state index is 12.4. The number of anilines is 1. The van der Waals surface area contributed by atoms with Crippen molar-refractivity contribution < 1.29 is 9.53 Å². The number of methoxy groups -OCH3 is 1. The molecule has 4 aromatic rings. The second kappa shape index (κ2) is 11.4. The van der Waals surface area contributed by atoms with E-state index in [1.165, 1.54) is 17.3 Å². The Kier molecular flexibility index (Phi) is 7.83. The summed E-state index contributed by atoms with van der Waals surface area (Å²) in [6.07, 6.45) is 0.